The van der Waals surface area contributed by atoms with Gasteiger partial charge in [0.25, 0.3) is 5.91 Å². The highest BCUT2D eigenvalue weighted by atomic mass is 35.5. The number of halogens is 4. The van der Waals surface area contributed by atoms with Crippen LogP contribution in [0.2, 0.25) is 0 Å². The number of amides is 1. The van der Waals surface area contributed by atoms with Crippen molar-refractivity contribution in [2.45, 2.75) is 32.4 Å². The highest BCUT2D eigenvalue weighted by Crippen LogP contribution is 2.33. The normalized spacial score (nSPS) is 14.1. The Morgan fingerprint density at radius 3 is 2.59 bits per heavy atom. The molecule has 0 atom stereocenters. The zero-order valence-corrected chi connectivity index (χ0v) is 19.1. The minimum atomic E-state index is -4.42. The molecule has 2 aromatic heterocycles. The van der Waals surface area contributed by atoms with Gasteiger partial charge < -0.3 is 4.90 Å². The Labute approximate surface area is 198 Å². The standard InChI is InChI=1S/C24H19ClF3N5O/c1-13-9-15(22-29-12-16-10-17(24(26,27)28)4-5-18(16)30-22)3-6-20(13)32-7-8-33-21(23(32)34)14(2)19(11-25)31-33/h3-6,9-10,12H,7-8,11H2,1-2H3. The number of fused-ring (bicyclic) bond motifs is 2. The first-order valence-electron chi connectivity index (χ1n) is 10.6. The van der Waals surface area contributed by atoms with Crippen LogP contribution in [0, 0.1) is 13.8 Å². The highest BCUT2D eigenvalue weighted by Gasteiger charge is 2.32. The average molecular weight is 486 g/mol. The molecule has 0 saturated carbocycles. The molecule has 0 aliphatic carbocycles. The van der Waals surface area contributed by atoms with Crippen molar-refractivity contribution in [3.8, 4) is 11.4 Å². The number of carbonyl (C=O) groups is 1. The van der Waals surface area contributed by atoms with Crippen molar-refractivity contribution in [3.63, 3.8) is 0 Å². The Bertz CT molecular complexity index is 1450. The lowest BCUT2D eigenvalue weighted by molar-refractivity contribution is -0.137. The fourth-order valence-corrected chi connectivity index (χ4v) is 4.51. The topological polar surface area (TPSA) is 63.9 Å². The first-order chi connectivity index (χ1) is 16.2. The molecular weight excluding hydrogens is 467 g/mol. The van der Waals surface area contributed by atoms with E-state index in [0.717, 1.165) is 28.9 Å². The van der Waals surface area contributed by atoms with E-state index in [4.69, 9.17) is 11.6 Å². The molecule has 10 heteroatoms. The predicted molar refractivity (Wildman–Crippen MR) is 123 cm³/mol. The fraction of sp³-hybridized carbons (Fsp3) is 0.250. The van der Waals surface area contributed by atoms with Crippen molar-refractivity contribution in [2.75, 3.05) is 11.4 Å². The van der Waals surface area contributed by atoms with E-state index in [-0.39, 0.29) is 11.8 Å². The molecule has 2 aromatic carbocycles. The smallest absolute Gasteiger partial charge is 0.305 e. The maximum absolute atomic E-state index is 13.2. The Kier molecular flexibility index (Phi) is 5.31. The van der Waals surface area contributed by atoms with Crippen molar-refractivity contribution in [2.24, 2.45) is 0 Å². The fourth-order valence-electron chi connectivity index (χ4n) is 4.26. The minimum absolute atomic E-state index is 0.133. The van der Waals surface area contributed by atoms with Crippen LogP contribution in [0.15, 0.2) is 42.6 Å². The van der Waals surface area contributed by atoms with Crippen molar-refractivity contribution in [3.05, 3.63) is 70.7 Å². The van der Waals surface area contributed by atoms with Crippen LogP contribution in [0.25, 0.3) is 22.3 Å². The largest absolute Gasteiger partial charge is 0.416 e. The lowest BCUT2D eigenvalue weighted by Gasteiger charge is -2.29. The van der Waals surface area contributed by atoms with Gasteiger partial charge in [-0.2, -0.15) is 18.3 Å². The number of benzene rings is 2. The summed E-state index contributed by atoms with van der Waals surface area (Å²) in [5, 5.41) is 4.74. The van der Waals surface area contributed by atoms with Gasteiger partial charge in [-0.15, -0.1) is 11.6 Å². The van der Waals surface area contributed by atoms with Gasteiger partial charge in [0.05, 0.1) is 29.2 Å². The summed E-state index contributed by atoms with van der Waals surface area (Å²) >= 11 is 5.96. The SMILES string of the molecule is Cc1cc(-c2ncc3cc(C(F)(F)F)ccc3n2)ccc1N1CCn2nc(CCl)c(C)c2C1=O. The molecular formula is C24H19ClF3N5O. The quantitative estimate of drug-likeness (QED) is 0.358. The summed E-state index contributed by atoms with van der Waals surface area (Å²) < 4.78 is 40.6. The Morgan fingerprint density at radius 1 is 1.09 bits per heavy atom. The van der Waals surface area contributed by atoms with Crippen LogP contribution in [0.5, 0.6) is 0 Å². The molecule has 0 N–H and O–H groups in total. The van der Waals surface area contributed by atoms with E-state index < -0.39 is 11.7 Å². The molecule has 174 valence electrons. The van der Waals surface area contributed by atoms with E-state index in [0.29, 0.717) is 46.8 Å². The van der Waals surface area contributed by atoms with Gasteiger partial charge in [-0.1, -0.05) is 0 Å². The number of carbonyl (C=O) groups excluding carboxylic acids is 1. The van der Waals surface area contributed by atoms with E-state index in [1.165, 1.54) is 12.3 Å². The first kappa shape index (κ1) is 22.3. The highest BCUT2D eigenvalue weighted by molar-refractivity contribution is 6.17. The molecule has 0 fully saturated rings. The van der Waals surface area contributed by atoms with Crippen LogP contribution in [0.3, 0.4) is 0 Å². The van der Waals surface area contributed by atoms with Gasteiger partial charge in [0, 0.05) is 34.9 Å². The number of anilines is 1. The number of hydrogen-bond donors (Lipinski definition) is 0. The average Bonchev–Trinajstić information content (AvgIpc) is 3.14. The third kappa shape index (κ3) is 3.69. The summed E-state index contributed by atoms with van der Waals surface area (Å²) in [5.41, 5.74) is 4.04. The van der Waals surface area contributed by atoms with E-state index in [1.54, 1.807) is 9.58 Å². The van der Waals surface area contributed by atoms with Gasteiger partial charge in [-0.25, -0.2) is 9.97 Å². The van der Waals surface area contributed by atoms with Crippen LogP contribution >= 0.6 is 11.6 Å². The molecule has 6 nitrogen and oxygen atoms in total. The second kappa shape index (κ2) is 8.09. The third-order valence-corrected chi connectivity index (χ3v) is 6.30. The number of aromatic nitrogens is 4. The number of alkyl halides is 4. The van der Waals surface area contributed by atoms with Gasteiger partial charge in [0.2, 0.25) is 0 Å². The zero-order valence-electron chi connectivity index (χ0n) is 18.3. The molecule has 34 heavy (non-hydrogen) atoms. The number of aryl methyl sites for hydroxylation is 1. The number of hydrogen-bond acceptors (Lipinski definition) is 4. The summed E-state index contributed by atoms with van der Waals surface area (Å²) in [6.07, 6.45) is -3.03. The van der Waals surface area contributed by atoms with Crippen LogP contribution < -0.4 is 4.90 Å². The summed E-state index contributed by atoms with van der Waals surface area (Å²) in [6, 6.07) is 8.92. The molecule has 5 rings (SSSR count). The first-order valence-corrected chi connectivity index (χ1v) is 11.1. The van der Waals surface area contributed by atoms with Gasteiger partial charge in [-0.05, 0) is 55.8 Å². The Morgan fingerprint density at radius 2 is 1.88 bits per heavy atom. The van der Waals surface area contributed by atoms with Gasteiger partial charge in [-0.3, -0.25) is 9.48 Å². The lowest BCUT2D eigenvalue weighted by atomic mass is 10.1. The molecule has 3 heterocycles. The van der Waals surface area contributed by atoms with Crippen molar-refractivity contribution in [1.29, 1.82) is 0 Å². The molecule has 0 unspecified atom stereocenters. The maximum Gasteiger partial charge on any atom is 0.416 e. The van der Waals surface area contributed by atoms with E-state index in [2.05, 4.69) is 15.1 Å². The van der Waals surface area contributed by atoms with E-state index >= 15 is 0 Å². The Balaban J connectivity index is 1.46. The monoisotopic (exact) mass is 485 g/mol. The number of nitrogens with zero attached hydrogens (tertiary/aromatic N) is 5. The zero-order chi connectivity index (χ0) is 24.2. The van der Waals surface area contributed by atoms with Crippen molar-refractivity contribution in [1.82, 2.24) is 19.7 Å². The molecule has 0 bridgehead atoms. The van der Waals surface area contributed by atoms with Gasteiger partial charge in [0.15, 0.2) is 5.82 Å². The van der Waals surface area contributed by atoms with Crippen molar-refractivity contribution < 1.29 is 18.0 Å². The lowest BCUT2D eigenvalue weighted by Crippen LogP contribution is -2.41. The molecule has 1 aliphatic rings. The van der Waals surface area contributed by atoms with Crippen molar-refractivity contribution >= 4 is 34.1 Å². The summed E-state index contributed by atoms with van der Waals surface area (Å²) in [4.78, 5) is 23.7. The van der Waals surface area contributed by atoms with Gasteiger partial charge in [0.1, 0.15) is 5.69 Å². The second-order valence-electron chi connectivity index (χ2n) is 8.20. The van der Waals surface area contributed by atoms with Crippen LogP contribution in [-0.2, 0) is 18.6 Å². The third-order valence-electron chi connectivity index (χ3n) is 6.05. The molecule has 0 spiro atoms. The predicted octanol–water partition coefficient (Wildman–Crippen LogP) is 5.53. The molecule has 1 aliphatic heterocycles. The summed E-state index contributed by atoms with van der Waals surface area (Å²) in [7, 11) is 0. The van der Waals surface area contributed by atoms with Crippen LogP contribution in [0.4, 0.5) is 18.9 Å². The molecule has 4 aromatic rings. The van der Waals surface area contributed by atoms with E-state index in [9.17, 15) is 18.0 Å². The molecule has 0 saturated heterocycles. The summed E-state index contributed by atoms with van der Waals surface area (Å²) in [6.45, 7) is 4.78. The van der Waals surface area contributed by atoms with Crippen LogP contribution in [0.1, 0.15) is 32.9 Å². The maximum atomic E-state index is 13.2. The van der Waals surface area contributed by atoms with Gasteiger partial charge >= 0.3 is 6.18 Å². The molecule has 1 amide bonds. The number of rotatable bonds is 3. The minimum Gasteiger partial charge on any atom is -0.305 e. The van der Waals surface area contributed by atoms with E-state index in [1.807, 2.05) is 32.0 Å². The Hall–Kier alpha value is -3.46. The molecule has 0 radical (unpaired) electrons. The summed E-state index contributed by atoms with van der Waals surface area (Å²) in [5.74, 6) is 0.509. The van der Waals surface area contributed by atoms with Crippen LogP contribution in [-0.4, -0.2) is 32.2 Å². The second-order valence-corrected chi connectivity index (χ2v) is 8.47.